The van der Waals surface area contributed by atoms with Gasteiger partial charge in [-0.1, -0.05) is 17.7 Å². The van der Waals surface area contributed by atoms with Crippen LogP contribution in [0.5, 0.6) is 0 Å². The van der Waals surface area contributed by atoms with Crippen LogP contribution in [0.2, 0.25) is 5.02 Å². The lowest BCUT2D eigenvalue weighted by molar-refractivity contribution is -0.384. The van der Waals surface area contributed by atoms with Gasteiger partial charge in [0.1, 0.15) is 0 Å². The minimum Gasteiger partial charge on any atom is -0.395 e. The van der Waals surface area contributed by atoms with E-state index in [0.717, 1.165) is 6.07 Å². The highest BCUT2D eigenvalue weighted by Crippen LogP contribution is 2.31. The standard InChI is InChI=1S/C15H16ClN3O5S/c1-10-12(16)3-2-4-15(10)25(23,24)18-14-9-11(19(21)22)5-6-13(14)17-7-8-20/h2-6,9,17-18,20H,7-8H2,1H3. The van der Waals surface area contributed by atoms with Crippen molar-refractivity contribution in [3.8, 4) is 0 Å². The first-order valence-electron chi connectivity index (χ1n) is 7.17. The summed E-state index contributed by atoms with van der Waals surface area (Å²) in [4.78, 5) is 10.3. The molecule has 2 aromatic carbocycles. The molecule has 0 radical (unpaired) electrons. The maximum Gasteiger partial charge on any atom is 0.271 e. The largest absolute Gasteiger partial charge is 0.395 e. The lowest BCUT2D eigenvalue weighted by Crippen LogP contribution is -2.16. The Kier molecular flexibility index (Phi) is 5.83. The number of hydrogen-bond acceptors (Lipinski definition) is 6. The second kappa shape index (κ2) is 7.68. The molecular formula is C15H16ClN3O5S. The summed E-state index contributed by atoms with van der Waals surface area (Å²) in [5, 5.41) is 23.0. The minimum absolute atomic E-state index is 0.00188. The maximum atomic E-state index is 12.7. The van der Waals surface area contributed by atoms with E-state index in [1.807, 2.05) is 0 Å². The van der Waals surface area contributed by atoms with Crippen molar-refractivity contribution in [2.75, 3.05) is 23.2 Å². The first-order valence-corrected chi connectivity index (χ1v) is 9.03. The van der Waals surface area contributed by atoms with Crippen LogP contribution in [0, 0.1) is 17.0 Å². The predicted octanol–water partition coefficient (Wildman–Crippen LogP) is 2.76. The minimum atomic E-state index is -4.02. The summed E-state index contributed by atoms with van der Waals surface area (Å²) in [7, 11) is -4.02. The van der Waals surface area contributed by atoms with Crippen LogP contribution < -0.4 is 10.0 Å². The van der Waals surface area contributed by atoms with Gasteiger partial charge in [-0.25, -0.2) is 8.42 Å². The van der Waals surface area contributed by atoms with Crippen LogP contribution in [-0.2, 0) is 10.0 Å². The Morgan fingerprint density at radius 1 is 1.24 bits per heavy atom. The number of nitro groups is 1. The summed E-state index contributed by atoms with van der Waals surface area (Å²) in [5.74, 6) is 0. The van der Waals surface area contributed by atoms with E-state index in [2.05, 4.69) is 10.0 Å². The number of nitrogens with zero attached hydrogens (tertiary/aromatic N) is 1. The highest BCUT2D eigenvalue weighted by Gasteiger charge is 2.21. The molecular weight excluding hydrogens is 370 g/mol. The van der Waals surface area contributed by atoms with Crippen LogP contribution >= 0.6 is 11.6 Å². The van der Waals surface area contributed by atoms with E-state index in [0.29, 0.717) is 16.3 Å². The zero-order valence-corrected chi connectivity index (χ0v) is 14.8. The highest BCUT2D eigenvalue weighted by molar-refractivity contribution is 7.92. The molecule has 0 aromatic heterocycles. The number of anilines is 2. The number of non-ortho nitro benzene ring substituents is 1. The summed E-state index contributed by atoms with van der Waals surface area (Å²) in [6.07, 6.45) is 0. The smallest absolute Gasteiger partial charge is 0.271 e. The second-order valence-electron chi connectivity index (χ2n) is 5.11. The zero-order valence-electron chi connectivity index (χ0n) is 13.2. The third kappa shape index (κ3) is 4.38. The van der Waals surface area contributed by atoms with Gasteiger partial charge in [0.15, 0.2) is 0 Å². The molecule has 2 rings (SSSR count). The van der Waals surface area contributed by atoms with Crippen molar-refractivity contribution in [1.29, 1.82) is 0 Å². The number of nitro benzene ring substituents is 1. The fraction of sp³-hybridized carbons (Fsp3) is 0.200. The monoisotopic (exact) mass is 385 g/mol. The Balaban J connectivity index is 2.47. The molecule has 0 aliphatic heterocycles. The number of rotatable bonds is 7. The molecule has 0 heterocycles. The topological polar surface area (TPSA) is 122 Å². The summed E-state index contributed by atoms with van der Waals surface area (Å²) in [6, 6.07) is 8.18. The third-order valence-electron chi connectivity index (χ3n) is 3.39. The van der Waals surface area contributed by atoms with Crippen LogP contribution in [-0.4, -0.2) is 31.6 Å². The number of nitrogens with one attached hydrogen (secondary N) is 2. The average molecular weight is 386 g/mol. The van der Waals surface area contributed by atoms with Gasteiger partial charge in [-0.05, 0) is 30.7 Å². The van der Waals surface area contributed by atoms with E-state index < -0.39 is 14.9 Å². The molecule has 0 spiro atoms. The van der Waals surface area contributed by atoms with Crippen LogP contribution in [0.3, 0.4) is 0 Å². The summed E-state index contributed by atoms with van der Waals surface area (Å²) in [6.45, 7) is 1.54. The lowest BCUT2D eigenvalue weighted by atomic mass is 10.2. The van der Waals surface area contributed by atoms with Gasteiger partial charge in [0.25, 0.3) is 15.7 Å². The van der Waals surface area contributed by atoms with Crippen molar-refractivity contribution in [3.05, 3.63) is 57.1 Å². The molecule has 2 aromatic rings. The Labute approximate surface area is 149 Å². The molecule has 0 bridgehead atoms. The number of aliphatic hydroxyl groups excluding tert-OH is 1. The van der Waals surface area contributed by atoms with Crippen LogP contribution in [0.1, 0.15) is 5.56 Å². The van der Waals surface area contributed by atoms with Crippen molar-refractivity contribution in [2.24, 2.45) is 0 Å². The molecule has 0 saturated carbocycles. The second-order valence-corrected chi connectivity index (χ2v) is 7.16. The van der Waals surface area contributed by atoms with E-state index in [4.69, 9.17) is 16.7 Å². The molecule has 0 saturated heterocycles. The fourth-order valence-electron chi connectivity index (χ4n) is 2.15. The fourth-order valence-corrected chi connectivity index (χ4v) is 3.72. The van der Waals surface area contributed by atoms with Gasteiger partial charge >= 0.3 is 0 Å². The first kappa shape index (κ1) is 19.0. The van der Waals surface area contributed by atoms with Gasteiger partial charge in [-0.15, -0.1) is 0 Å². The molecule has 8 nitrogen and oxygen atoms in total. The molecule has 0 amide bonds. The normalized spacial score (nSPS) is 11.2. The Morgan fingerprint density at radius 2 is 1.96 bits per heavy atom. The van der Waals surface area contributed by atoms with Crippen molar-refractivity contribution >= 4 is 38.7 Å². The molecule has 25 heavy (non-hydrogen) atoms. The van der Waals surface area contributed by atoms with E-state index in [1.165, 1.54) is 24.3 Å². The number of sulfonamides is 1. The van der Waals surface area contributed by atoms with Gasteiger partial charge in [0.2, 0.25) is 0 Å². The SMILES string of the molecule is Cc1c(Cl)cccc1S(=O)(=O)Nc1cc([N+](=O)[O-])ccc1NCCO. The molecule has 134 valence electrons. The van der Waals surface area contributed by atoms with Gasteiger partial charge in [-0.3, -0.25) is 14.8 Å². The highest BCUT2D eigenvalue weighted by atomic mass is 35.5. The summed E-state index contributed by atoms with van der Waals surface area (Å²) < 4.78 is 27.7. The van der Waals surface area contributed by atoms with E-state index in [9.17, 15) is 18.5 Å². The number of benzene rings is 2. The predicted molar refractivity (Wildman–Crippen MR) is 95.7 cm³/mol. The van der Waals surface area contributed by atoms with Crippen LogP contribution in [0.25, 0.3) is 0 Å². The number of halogens is 1. The maximum absolute atomic E-state index is 12.7. The van der Waals surface area contributed by atoms with E-state index in [-0.39, 0.29) is 29.4 Å². The zero-order chi connectivity index (χ0) is 18.6. The van der Waals surface area contributed by atoms with Crippen molar-refractivity contribution < 1.29 is 18.4 Å². The van der Waals surface area contributed by atoms with Crippen LogP contribution in [0.4, 0.5) is 17.1 Å². The van der Waals surface area contributed by atoms with E-state index in [1.54, 1.807) is 13.0 Å². The van der Waals surface area contributed by atoms with Crippen molar-refractivity contribution in [3.63, 3.8) is 0 Å². The first-order chi connectivity index (χ1) is 11.8. The van der Waals surface area contributed by atoms with Gasteiger partial charge in [0, 0.05) is 23.7 Å². The summed E-state index contributed by atoms with van der Waals surface area (Å²) in [5.41, 5.74) is 0.409. The number of aliphatic hydroxyl groups is 1. The lowest BCUT2D eigenvalue weighted by Gasteiger charge is -2.15. The van der Waals surface area contributed by atoms with Gasteiger partial charge < -0.3 is 10.4 Å². The molecule has 3 N–H and O–H groups in total. The third-order valence-corrected chi connectivity index (χ3v) is 5.31. The Morgan fingerprint density at radius 3 is 2.60 bits per heavy atom. The molecule has 0 fully saturated rings. The van der Waals surface area contributed by atoms with Crippen molar-refractivity contribution in [2.45, 2.75) is 11.8 Å². The molecule has 10 heteroatoms. The molecule has 0 unspecified atom stereocenters. The van der Waals surface area contributed by atoms with E-state index >= 15 is 0 Å². The summed E-state index contributed by atoms with van der Waals surface area (Å²) >= 11 is 5.97. The van der Waals surface area contributed by atoms with Gasteiger partial charge in [-0.2, -0.15) is 0 Å². The molecule has 0 aliphatic rings. The Hall–Kier alpha value is -2.36. The van der Waals surface area contributed by atoms with Crippen molar-refractivity contribution in [1.82, 2.24) is 0 Å². The van der Waals surface area contributed by atoms with Gasteiger partial charge in [0.05, 0.1) is 27.8 Å². The quantitative estimate of drug-likeness (QED) is 0.497. The molecule has 0 atom stereocenters. The molecule has 0 aliphatic carbocycles. The Bertz CT molecular complexity index is 902. The number of hydrogen-bond donors (Lipinski definition) is 3. The average Bonchev–Trinajstić information content (AvgIpc) is 2.55. The van der Waals surface area contributed by atoms with Crippen LogP contribution in [0.15, 0.2) is 41.3 Å².